The third kappa shape index (κ3) is 3.68. The fourth-order valence-electron chi connectivity index (χ4n) is 4.34. The van der Waals surface area contributed by atoms with Gasteiger partial charge in [-0.2, -0.15) is 5.10 Å². The number of benzene rings is 1. The van der Waals surface area contributed by atoms with Crippen LogP contribution in [0.4, 0.5) is 5.82 Å². The summed E-state index contributed by atoms with van der Waals surface area (Å²) in [5, 5.41) is 7.47. The van der Waals surface area contributed by atoms with Gasteiger partial charge in [-0.25, -0.2) is 4.68 Å². The minimum absolute atomic E-state index is 0.00961. The highest BCUT2D eigenvalue weighted by Gasteiger charge is 2.28. The number of aryl methyl sites for hydroxylation is 1. The van der Waals surface area contributed by atoms with Crippen LogP contribution in [-0.2, 0) is 17.9 Å². The Bertz CT molecular complexity index is 858. The Kier molecular flexibility index (Phi) is 5.20. The number of nitrogens with one attached hydrogen (secondary N) is 1. The third-order valence-corrected chi connectivity index (χ3v) is 6.39. The molecule has 28 heavy (non-hydrogen) atoms. The van der Waals surface area contributed by atoms with Crippen LogP contribution in [0.5, 0.6) is 0 Å². The number of carbonyl (C=O) groups is 2. The van der Waals surface area contributed by atoms with Crippen molar-refractivity contribution in [3.63, 3.8) is 0 Å². The lowest BCUT2D eigenvalue weighted by Crippen LogP contribution is -2.43. The van der Waals surface area contributed by atoms with Crippen molar-refractivity contribution in [1.29, 1.82) is 0 Å². The van der Waals surface area contributed by atoms with Crippen molar-refractivity contribution in [2.75, 3.05) is 4.90 Å². The zero-order chi connectivity index (χ0) is 19.7. The molecule has 1 aromatic carbocycles. The monoisotopic (exact) mass is 380 g/mol. The molecule has 2 aromatic rings. The highest BCUT2D eigenvalue weighted by molar-refractivity contribution is 5.95. The quantitative estimate of drug-likeness (QED) is 0.884. The standard InChI is InChI=1S/C22H28N4O2/c1-15-4-3-5-19(16(15)2)24-22(28)18-8-6-17(7-9-18)14-25-20-10-12-23-26(20)13-11-21(25)27/h6-10,12,15-16,19H,3-5,11,13-14H2,1-2H3,(H,24,28). The summed E-state index contributed by atoms with van der Waals surface area (Å²) in [5.74, 6) is 2.09. The molecule has 3 atom stereocenters. The smallest absolute Gasteiger partial charge is 0.251 e. The number of aromatic nitrogens is 2. The molecule has 2 aliphatic rings. The molecule has 3 unspecified atom stereocenters. The summed E-state index contributed by atoms with van der Waals surface area (Å²) < 4.78 is 1.86. The zero-order valence-corrected chi connectivity index (χ0v) is 16.6. The van der Waals surface area contributed by atoms with Gasteiger partial charge in [0, 0.05) is 24.1 Å². The Morgan fingerprint density at radius 2 is 1.96 bits per heavy atom. The maximum Gasteiger partial charge on any atom is 0.251 e. The van der Waals surface area contributed by atoms with Crippen LogP contribution in [0.15, 0.2) is 36.5 Å². The number of nitrogens with zero attached hydrogens (tertiary/aromatic N) is 3. The summed E-state index contributed by atoms with van der Waals surface area (Å²) in [7, 11) is 0. The summed E-state index contributed by atoms with van der Waals surface area (Å²) in [5.41, 5.74) is 1.67. The maximum absolute atomic E-state index is 12.7. The highest BCUT2D eigenvalue weighted by atomic mass is 16.2. The average molecular weight is 380 g/mol. The van der Waals surface area contributed by atoms with Crippen LogP contribution in [0.25, 0.3) is 0 Å². The second-order valence-corrected chi connectivity index (χ2v) is 8.19. The number of carbonyl (C=O) groups excluding carboxylic acids is 2. The normalized spacial score (nSPS) is 24.7. The molecule has 0 bridgehead atoms. The predicted octanol–water partition coefficient (Wildman–Crippen LogP) is 3.37. The van der Waals surface area contributed by atoms with E-state index in [0.717, 1.165) is 17.8 Å². The fourth-order valence-corrected chi connectivity index (χ4v) is 4.34. The first-order valence-corrected chi connectivity index (χ1v) is 10.2. The number of anilines is 1. The Labute approximate surface area is 165 Å². The van der Waals surface area contributed by atoms with E-state index in [-0.39, 0.29) is 17.9 Å². The molecular weight excluding hydrogens is 352 g/mol. The van der Waals surface area contributed by atoms with Gasteiger partial charge in [0.15, 0.2) is 0 Å². The Morgan fingerprint density at radius 3 is 2.75 bits per heavy atom. The van der Waals surface area contributed by atoms with Crippen molar-refractivity contribution in [1.82, 2.24) is 15.1 Å². The summed E-state index contributed by atoms with van der Waals surface area (Å²) >= 11 is 0. The van der Waals surface area contributed by atoms with E-state index < -0.39 is 0 Å². The molecule has 2 amide bonds. The average Bonchev–Trinajstić information content (AvgIpc) is 3.17. The van der Waals surface area contributed by atoms with Gasteiger partial charge in [0.05, 0.1) is 19.3 Å². The van der Waals surface area contributed by atoms with E-state index in [1.807, 2.05) is 35.0 Å². The van der Waals surface area contributed by atoms with Gasteiger partial charge >= 0.3 is 0 Å². The topological polar surface area (TPSA) is 67.2 Å². The molecule has 148 valence electrons. The van der Waals surface area contributed by atoms with Gasteiger partial charge in [0.25, 0.3) is 5.91 Å². The lowest BCUT2D eigenvalue weighted by atomic mass is 9.78. The van der Waals surface area contributed by atoms with Crippen LogP contribution >= 0.6 is 0 Å². The minimum atomic E-state index is -0.00961. The molecule has 0 saturated heterocycles. The number of fused-ring (bicyclic) bond motifs is 1. The lowest BCUT2D eigenvalue weighted by Gasteiger charge is -2.34. The largest absolute Gasteiger partial charge is 0.349 e. The van der Waals surface area contributed by atoms with Gasteiger partial charge in [0.2, 0.25) is 5.91 Å². The minimum Gasteiger partial charge on any atom is -0.349 e. The first kappa shape index (κ1) is 18.7. The molecule has 1 fully saturated rings. The van der Waals surface area contributed by atoms with E-state index in [4.69, 9.17) is 0 Å². The van der Waals surface area contributed by atoms with Gasteiger partial charge in [-0.1, -0.05) is 38.8 Å². The number of amides is 2. The molecule has 4 rings (SSSR count). The van der Waals surface area contributed by atoms with Crippen molar-refractivity contribution in [2.24, 2.45) is 11.8 Å². The van der Waals surface area contributed by atoms with E-state index in [1.165, 1.54) is 12.8 Å². The summed E-state index contributed by atoms with van der Waals surface area (Å²) in [6.07, 6.45) is 5.67. The van der Waals surface area contributed by atoms with E-state index in [1.54, 1.807) is 11.1 Å². The molecule has 1 saturated carbocycles. The summed E-state index contributed by atoms with van der Waals surface area (Å²) in [6, 6.07) is 9.70. The molecule has 0 radical (unpaired) electrons. The van der Waals surface area contributed by atoms with Gasteiger partial charge in [-0.05, 0) is 36.0 Å². The van der Waals surface area contributed by atoms with Crippen molar-refractivity contribution >= 4 is 17.6 Å². The van der Waals surface area contributed by atoms with Crippen LogP contribution in [0.2, 0.25) is 0 Å². The van der Waals surface area contributed by atoms with Crippen molar-refractivity contribution in [3.8, 4) is 0 Å². The first-order valence-electron chi connectivity index (χ1n) is 10.2. The van der Waals surface area contributed by atoms with Crippen LogP contribution in [0.3, 0.4) is 0 Å². The Balaban J connectivity index is 1.42. The first-order chi connectivity index (χ1) is 13.5. The van der Waals surface area contributed by atoms with Crippen LogP contribution < -0.4 is 10.2 Å². The molecule has 1 aliphatic carbocycles. The molecule has 1 N–H and O–H groups in total. The fraction of sp³-hybridized carbons (Fsp3) is 0.500. The van der Waals surface area contributed by atoms with Crippen molar-refractivity contribution in [3.05, 3.63) is 47.7 Å². The zero-order valence-electron chi connectivity index (χ0n) is 16.6. The van der Waals surface area contributed by atoms with Crippen molar-refractivity contribution < 1.29 is 9.59 Å². The van der Waals surface area contributed by atoms with Crippen LogP contribution in [0, 0.1) is 11.8 Å². The van der Waals surface area contributed by atoms with E-state index in [9.17, 15) is 9.59 Å². The van der Waals surface area contributed by atoms with Crippen LogP contribution in [0.1, 0.15) is 55.5 Å². The summed E-state index contributed by atoms with van der Waals surface area (Å²) in [6.45, 7) is 5.63. The molecular formula is C22H28N4O2. The van der Waals surface area contributed by atoms with Crippen LogP contribution in [-0.4, -0.2) is 27.6 Å². The Morgan fingerprint density at radius 1 is 1.18 bits per heavy atom. The third-order valence-electron chi connectivity index (χ3n) is 6.39. The van der Waals surface area contributed by atoms with E-state index in [0.29, 0.717) is 36.9 Å². The Hall–Kier alpha value is -2.63. The molecule has 0 spiro atoms. The molecule has 1 aliphatic heterocycles. The van der Waals surface area contributed by atoms with Crippen molar-refractivity contribution in [2.45, 2.75) is 58.7 Å². The molecule has 6 heteroatoms. The van der Waals surface area contributed by atoms with Gasteiger partial charge < -0.3 is 5.32 Å². The SMILES string of the molecule is CC1CCCC(NC(=O)c2ccc(CN3C(=O)CCn4nccc43)cc2)C1C. The summed E-state index contributed by atoms with van der Waals surface area (Å²) in [4.78, 5) is 26.8. The van der Waals surface area contributed by atoms with Gasteiger partial charge in [-0.15, -0.1) is 0 Å². The molecule has 1 aromatic heterocycles. The van der Waals surface area contributed by atoms with Gasteiger partial charge in [0.1, 0.15) is 5.82 Å². The second-order valence-electron chi connectivity index (χ2n) is 8.19. The van der Waals surface area contributed by atoms with E-state index in [2.05, 4.69) is 24.3 Å². The maximum atomic E-state index is 12.7. The van der Waals surface area contributed by atoms with E-state index >= 15 is 0 Å². The predicted molar refractivity (Wildman–Crippen MR) is 108 cm³/mol. The second kappa shape index (κ2) is 7.78. The number of rotatable bonds is 4. The van der Waals surface area contributed by atoms with Gasteiger partial charge in [-0.3, -0.25) is 14.5 Å². The highest BCUT2D eigenvalue weighted by Crippen LogP contribution is 2.29. The number of hydrogen-bond donors (Lipinski definition) is 1. The molecule has 6 nitrogen and oxygen atoms in total. The lowest BCUT2D eigenvalue weighted by molar-refractivity contribution is -0.119. The molecule has 2 heterocycles. The number of hydrogen-bond acceptors (Lipinski definition) is 3.